The van der Waals surface area contributed by atoms with Gasteiger partial charge in [0.05, 0.1) is 10.7 Å². The zero-order chi connectivity index (χ0) is 17.9. The Bertz CT molecular complexity index is 1050. The average molecular weight is 387 g/mol. The molecule has 0 aliphatic carbocycles. The van der Waals surface area contributed by atoms with Crippen LogP contribution in [-0.4, -0.2) is 19.6 Å². The molecule has 0 aliphatic rings. The number of aromatic nitrogens is 4. The minimum absolute atomic E-state index is 0.171. The van der Waals surface area contributed by atoms with Crippen LogP contribution in [0.3, 0.4) is 0 Å². The second-order valence-corrected chi connectivity index (χ2v) is 6.93. The topological polar surface area (TPSA) is 65.5 Å². The second-order valence-electron chi connectivity index (χ2n) is 5.60. The summed E-state index contributed by atoms with van der Waals surface area (Å²) in [5.41, 5.74) is 3.03. The lowest BCUT2D eigenvalue weighted by molar-refractivity contribution is 0.252. The van der Waals surface area contributed by atoms with Crippen LogP contribution in [0.5, 0.6) is 5.75 Å². The summed E-state index contributed by atoms with van der Waals surface area (Å²) in [5.74, 6) is 1.63. The molecule has 0 unspecified atom stereocenters. The largest absolute Gasteiger partial charge is 0.482 e. The van der Waals surface area contributed by atoms with Crippen molar-refractivity contribution in [3.63, 3.8) is 0 Å². The molecule has 0 amide bonds. The molecule has 0 N–H and O–H groups in total. The van der Waals surface area contributed by atoms with E-state index < -0.39 is 0 Å². The van der Waals surface area contributed by atoms with Gasteiger partial charge in [-0.3, -0.25) is 0 Å². The number of imidazole rings is 1. The number of fused-ring (bicyclic) bond motifs is 1. The average Bonchev–Trinajstić information content (AvgIpc) is 3.26. The van der Waals surface area contributed by atoms with E-state index in [-0.39, 0.29) is 6.61 Å². The van der Waals surface area contributed by atoms with Gasteiger partial charge in [0.15, 0.2) is 6.61 Å². The van der Waals surface area contributed by atoms with E-state index in [1.54, 1.807) is 12.1 Å². The van der Waals surface area contributed by atoms with Crippen LogP contribution >= 0.6 is 23.4 Å². The third-order valence-electron chi connectivity index (χ3n) is 3.73. The molecule has 0 fully saturated rings. The number of thioether (sulfide) groups is 1. The normalized spacial score (nSPS) is 11.2. The minimum Gasteiger partial charge on any atom is -0.482 e. The molecule has 0 saturated heterocycles. The predicted molar refractivity (Wildman–Crippen MR) is 99.6 cm³/mol. The standard InChI is InChI=1S/C18H15ClN4O2S/c1-12-5-4-8-16-20-13(9-23(12)16)11-26-18-22-21-17(25-18)10-24-15-7-3-2-6-14(15)19/h2-9H,10-11H2,1H3. The van der Waals surface area contributed by atoms with Crippen molar-refractivity contribution in [3.8, 4) is 5.75 Å². The molecule has 0 saturated carbocycles. The van der Waals surface area contributed by atoms with Crippen LogP contribution in [-0.2, 0) is 12.4 Å². The Morgan fingerprint density at radius 1 is 1.15 bits per heavy atom. The number of aryl methyl sites for hydroxylation is 1. The van der Waals surface area contributed by atoms with Crippen molar-refractivity contribution < 1.29 is 9.15 Å². The van der Waals surface area contributed by atoms with Crippen molar-refractivity contribution in [2.24, 2.45) is 0 Å². The van der Waals surface area contributed by atoms with Gasteiger partial charge in [-0.05, 0) is 31.2 Å². The monoisotopic (exact) mass is 386 g/mol. The molecule has 4 rings (SSSR count). The lowest BCUT2D eigenvalue weighted by Gasteiger charge is -2.04. The third kappa shape index (κ3) is 3.68. The van der Waals surface area contributed by atoms with Gasteiger partial charge in [-0.15, -0.1) is 10.2 Å². The first-order valence-electron chi connectivity index (χ1n) is 7.95. The Balaban J connectivity index is 1.37. The summed E-state index contributed by atoms with van der Waals surface area (Å²) in [6.07, 6.45) is 2.02. The van der Waals surface area contributed by atoms with Crippen LogP contribution in [0.25, 0.3) is 5.65 Å². The third-order valence-corrected chi connectivity index (χ3v) is 4.89. The molecular weight excluding hydrogens is 372 g/mol. The van der Waals surface area contributed by atoms with Crippen LogP contribution in [0, 0.1) is 6.92 Å². The fraction of sp³-hybridized carbons (Fsp3) is 0.167. The molecule has 26 heavy (non-hydrogen) atoms. The molecule has 0 radical (unpaired) electrons. The van der Waals surface area contributed by atoms with Crippen LogP contribution in [0.2, 0.25) is 5.02 Å². The number of pyridine rings is 1. The fourth-order valence-corrected chi connectivity index (χ4v) is 3.31. The van der Waals surface area contributed by atoms with Crippen LogP contribution in [0.1, 0.15) is 17.3 Å². The van der Waals surface area contributed by atoms with Gasteiger partial charge in [-0.1, -0.05) is 41.6 Å². The van der Waals surface area contributed by atoms with E-state index in [9.17, 15) is 0 Å². The number of hydrogen-bond acceptors (Lipinski definition) is 6. The predicted octanol–water partition coefficient (Wildman–Crippen LogP) is 4.55. The van der Waals surface area contributed by atoms with Gasteiger partial charge in [-0.25, -0.2) is 4.98 Å². The molecule has 0 spiro atoms. The summed E-state index contributed by atoms with van der Waals surface area (Å²) in [7, 11) is 0. The van der Waals surface area contributed by atoms with Crippen LogP contribution in [0.15, 0.2) is 58.3 Å². The van der Waals surface area contributed by atoms with E-state index >= 15 is 0 Å². The van der Waals surface area contributed by atoms with Gasteiger partial charge in [0, 0.05) is 17.6 Å². The smallest absolute Gasteiger partial charge is 0.277 e. The van der Waals surface area contributed by atoms with Gasteiger partial charge in [0.1, 0.15) is 11.4 Å². The van der Waals surface area contributed by atoms with E-state index in [0.29, 0.717) is 27.6 Å². The molecule has 132 valence electrons. The summed E-state index contributed by atoms with van der Waals surface area (Å²) >= 11 is 7.50. The summed E-state index contributed by atoms with van der Waals surface area (Å²) in [6, 6.07) is 13.3. The maximum absolute atomic E-state index is 6.05. The zero-order valence-corrected chi connectivity index (χ0v) is 15.5. The lowest BCUT2D eigenvalue weighted by atomic mass is 10.3. The highest BCUT2D eigenvalue weighted by molar-refractivity contribution is 7.98. The van der Waals surface area contributed by atoms with Crippen molar-refractivity contribution in [3.05, 3.63) is 71.0 Å². The number of rotatable bonds is 6. The molecule has 0 atom stereocenters. The van der Waals surface area contributed by atoms with Gasteiger partial charge < -0.3 is 13.6 Å². The van der Waals surface area contributed by atoms with Crippen molar-refractivity contribution in [1.82, 2.24) is 19.6 Å². The van der Waals surface area contributed by atoms with Crippen molar-refractivity contribution in [1.29, 1.82) is 0 Å². The highest BCUT2D eigenvalue weighted by atomic mass is 35.5. The number of hydrogen-bond donors (Lipinski definition) is 0. The van der Waals surface area contributed by atoms with Gasteiger partial charge in [-0.2, -0.15) is 0 Å². The summed E-state index contributed by atoms with van der Waals surface area (Å²) in [5, 5.41) is 9.06. The fourth-order valence-electron chi connectivity index (χ4n) is 2.46. The number of benzene rings is 1. The van der Waals surface area contributed by atoms with Crippen molar-refractivity contribution in [2.75, 3.05) is 0 Å². The first kappa shape index (κ1) is 16.9. The molecule has 8 heteroatoms. The van der Waals surface area contributed by atoms with Gasteiger partial charge in [0.25, 0.3) is 11.1 Å². The van der Waals surface area contributed by atoms with E-state index in [1.807, 2.05) is 30.5 Å². The summed E-state index contributed by atoms with van der Waals surface area (Å²) < 4.78 is 13.3. The maximum Gasteiger partial charge on any atom is 0.277 e. The summed E-state index contributed by atoms with van der Waals surface area (Å²) in [4.78, 5) is 4.59. The molecular formula is C18H15ClN4O2S. The SMILES string of the molecule is Cc1cccc2nc(CSc3nnc(COc4ccccc4Cl)o3)cn12. The molecule has 0 bridgehead atoms. The highest BCUT2D eigenvalue weighted by Crippen LogP contribution is 2.25. The molecule has 6 nitrogen and oxygen atoms in total. The van der Waals surface area contributed by atoms with Gasteiger partial charge >= 0.3 is 0 Å². The Morgan fingerprint density at radius 3 is 2.88 bits per heavy atom. The number of nitrogens with zero attached hydrogens (tertiary/aromatic N) is 4. The summed E-state index contributed by atoms with van der Waals surface area (Å²) in [6.45, 7) is 2.22. The Kier molecular flexibility index (Phi) is 4.81. The maximum atomic E-state index is 6.05. The van der Waals surface area contributed by atoms with Crippen molar-refractivity contribution in [2.45, 2.75) is 24.5 Å². The molecule has 3 heterocycles. The van der Waals surface area contributed by atoms with Crippen molar-refractivity contribution >= 4 is 29.0 Å². The molecule has 1 aromatic carbocycles. The van der Waals surface area contributed by atoms with E-state index in [0.717, 1.165) is 17.0 Å². The number of halogens is 1. The van der Waals surface area contributed by atoms with E-state index in [1.165, 1.54) is 11.8 Å². The Hall–Kier alpha value is -2.51. The molecule has 3 aromatic heterocycles. The quantitative estimate of drug-likeness (QED) is 0.453. The van der Waals surface area contributed by atoms with Gasteiger partial charge in [0.2, 0.25) is 0 Å². The first-order chi connectivity index (χ1) is 12.7. The Labute approximate surface area is 159 Å². The lowest BCUT2D eigenvalue weighted by Crippen LogP contribution is -1.95. The molecule has 4 aromatic rings. The number of para-hydroxylation sites is 1. The highest BCUT2D eigenvalue weighted by Gasteiger charge is 2.10. The van der Waals surface area contributed by atoms with E-state index in [2.05, 4.69) is 32.6 Å². The van der Waals surface area contributed by atoms with E-state index in [4.69, 9.17) is 20.8 Å². The Morgan fingerprint density at radius 2 is 2.04 bits per heavy atom. The molecule has 0 aliphatic heterocycles. The van der Waals surface area contributed by atoms with Crippen LogP contribution < -0.4 is 4.74 Å². The number of ether oxygens (including phenoxy) is 1. The zero-order valence-electron chi connectivity index (χ0n) is 13.9. The first-order valence-corrected chi connectivity index (χ1v) is 9.31. The second kappa shape index (κ2) is 7.39. The minimum atomic E-state index is 0.171. The van der Waals surface area contributed by atoms with Crippen LogP contribution in [0.4, 0.5) is 0 Å².